The zero-order chi connectivity index (χ0) is 15.0. The Morgan fingerprint density at radius 2 is 1.90 bits per heavy atom. The molecule has 1 heterocycles. The van der Waals surface area contributed by atoms with E-state index in [1.807, 2.05) is 25.1 Å². The summed E-state index contributed by atoms with van der Waals surface area (Å²) in [5.74, 6) is -0.0409. The van der Waals surface area contributed by atoms with Crippen LogP contribution in [0.1, 0.15) is 27.2 Å². The standard InChI is InChI=1S/C18H15FO2/c1-11-3-6-17-14(7-11)10-18(21-17)16(20)9-13-4-5-15(19)8-12(13)2/h3-8,10H,9H2,1-2H3. The lowest BCUT2D eigenvalue weighted by Crippen LogP contribution is -2.03. The van der Waals surface area contributed by atoms with Crippen LogP contribution in [0.3, 0.4) is 0 Å². The first-order valence-corrected chi connectivity index (χ1v) is 6.81. The zero-order valence-corrected chi connectivity index (χ0v) is 11.9. The molecule has 1 aromatic heterocycles. The molecule has 21 heavy (non-hydrogen) atoms. The molecule has 2 nitrogen and oxygen atoms in total. The van der Waals surface area contributed by atoms with Crippen molar-refractivity contribution in [1.29, 1.82) is 0 Å². The number of carbonyl (C=O) groups is 1. The summed E-state index contributed by atoms with van der Waals surface area (Å²) in [6.07, 6.45) is 0.213. The van der Waals surface area contributed by atoms with Gasteiger partial charge in [-0.2, -0.15) is 0 Å². The van der Waals surface area contributed by atoms with Gasteiger partial charge in [-0.05, 0) is 55.3 Å². The van der Waals surface area contributed by atoms with Gasteiger partial charge in [0.2, 0.25) is 5.78 Å². The Labute approximate surface area is 122 Å². The highest BCUT2D eigenvalue weighted by Crippen LogP contribution is 2.22. The van der Waals surface area contributed by atoms with E-state index in [2.05, 4.69) is 0 Å². The Bertz CT molecular complexity index is 830. The Balaban J connectivity index is 1.89. The molecular formula is C18H15FO2. The van der Waals surface area contributed by atoms with E-state index in [9.17, 15) is 9.18 Å². The number of hydrogen-bond acceptors (Lipinski definition) is 2. The minimum atomic E-state index is -0.289. The number of rotatable bonds is 3. The van der Waals surface area contributed by atoms with Crippen molar-refractivity contribution in [1.82, 2.24) is 0 Å². The van der Waals surface area contributed by atoms with Crippen molar-refractivity contribution in [2.75, 3.05) is 0 Å². The van der Waals surface area contributed by atoms with Crippen LogP contribution in [-0.2, 0) is 6.42 Å². The second-order valence-corrected chi connectivity index (χ2v) is 5.32. The number of furan rings is 1. The van der Waals surface area contributed by atoms with Crippen molar-refractivity contribution < 1.29 is 13.6 Å². The largest absolute Gasteiger partial charge is 0.453 e. The second kappa shape index (κ2) is 5.17. The van der Waals surface area contributed by atoms with E-state index in [0.29, 0.717) is 11.3 Å². The Kier molecular flexibility index (Phi) is 3.34. The number of ketones is 1. The second-order valence-electron chi connectivity index (χ2n) is 5.32. The Morgan fingerprint density at radius 1 is 1.10 bits per heavy atom. The first-order valence-electron chi connectivity index (χ1n) is 6.81. The lowest BCUT2D eigenvalue weighted by atomic mass is 10.0. The monoisotopic (exact) mass is 282 g/mol. The van der Waals surface area contributed by atoms with Crippen LogP contribution < -0.4 is 0 Å². The van der Waals surface area contributed by atoms with Gasteiger partial charge in [0.1, 0.15) is 11.4 Å². The highest BCUT2D eigenvalue weighted by Gasteiger charge is 2.14. The third-order valence-corrected chi connectivity index (χ3v) is 3.60. The van der Waals surface area contributed by atoms with Gasteiger partial charge in [-0.1, -0.05) is 17.7 Å². The predicted octanol–water partition coefficient (Wildman–Crippen LogP) is 4.61. The maximum atomic E-state index is 13.1. The lowest BCUT2D eigenvalue weighted by Gasteiger charge is -2.03. The normalized spacial score (nSPS) is 11.0. The van der Waals surface area contributed by atoms with Crippen molar-refractivity contribution in [3.63, 3.8) is 0 Å². The fourth-order valence-electron chi connectivity index (χ4n) is 2.42. The van der Waals surface area contributed by atoms with E-state index in [0.717, 1.165) is 22.1 Å². The zero-order valence-electron chi connectivity index (χ0n) is 11.9. The number of carbonyl (C=O) groups excluding carboxylic acids is 1. The van der Waals surface area contributed by atoms with E-state index in [4.69, 9.17) is 4.42 Å². The number of fused-ring (bicyclic) bond motifs is 1. The SMILES string of the molecule is Cc1ccc2oc(C(=O)Cc3ccc(F)cc3C)cc2c1. The first kappa shape index (κ1) is 13.6. The Morgan fingerprint density at radius 3 is 2.67 bits per heavy atom. The molecule has 3 heteroatoms. The molecule has 2 aromatic carbocycles. The maximum Gasteiger partial charge on any atom is 0.202 e. The quantitative estimate of drug-likeness (QED) is 0.656. The van der Waals surface area contributed by atoms with Gasteiger partial charge in [0.25, 0.3) is 0 Å². The van der Waals surface area contributed by atoms with Crippen molar-refractivity contribution in [2.45, 2.75) is 20.3 Å². The average molecular weight is 282 g/mol. The predicted molar refractivity (Wildman–Crippen MR) is 80.1 cm³/mol. The minimum Gasteiger partial charge on any atom is -0.453 e. The van der Waals surface area contributed by atoms with Crippen molar-refractivity contribution in [3.05, 3.63) is 70.7 Å². The molecule has 0 unspecified atom stereocenters. The van der Waals surface area contributed by atoms with Crippen LogP contribution in [-0.4, -0.2) is 5.78 Å². The summed E-state index contributed by atoms with van der Waals surface area (Å²) in [7, 11) is 0. The lowest BCUT2D eigenvalue weighted by molar-refractivity contribution is 0.0968. The van der Waals surface area contributed by atoms with E-state index >= 15 is 0 Å². The van der Waals surface area contributed by atoms with Crippen LogP contribution in [0.2, 0.25) is 0 Å². The van der Waals surface area contributed by atoms with E-state index in [-0.39, 0.29) is 18.0 Å². The molecule has 3 rings (SSSR count). The van der Waals surface area contributed by atoms with Gasteiger partial charge in [-0.15, -0.1) is 0 Å². The molecule has 0 atom stereocenters. The summed E-state index contributed by atoms with van der Waals surface area (Å²) < 4.78 is 18.7. The molecule has 0 saturated carbocycles. The van der Waals surface area contributed by atoms with Crippen LogP contribution in [0.5, 0.6) is 0 Å². The van der Waals surface area contributed by atoms with Crippen LogP contribution >= 0.6 is 0 Å². The van der Waals surface area contributed by atoms with E-state index in [1.165, 1.54) is 12.1 Å². The smallest absolute Gasteiger partial charge is 0.202 e. The van der Waals surface area contributed by atoms with Gasteiger partial charge in [0.15, 0.2) is 5.76 Å². The molecule has 0 aliphatic heterocycles. The summed E-state index contributed by atoms with van der Waals surface area (Å²) >= 11 is 0. The summed E-state index contributed by atoms with van der Waals surface area (Å²) in [6.45, 7) is 3.80. The number of hydrogen-bond donors (Lipinski definition) is 0. The topological polar surface area (TPSA) is 30.2 Å². The third kappa shape index (κ3) is 2.72. The summed E-state index contributed by atoms with van der Waals surface area (Å²) in [5, 5.41) is 0.925. The van der Waals surface area contributed by atoms with Crippen LogP contribution in [0, 0.1) is 19.7 Å². The van der Waals surface area contributed by atoms with Crippen LogP contribution in [0.15, 0.2) is 46.9 Å². The molecule has 0 fully saturated rings. The van der Waals surface area contributed by atoms with Crippen molar-refractivity contribution >= 4 is 16.8 Å². The molecule has 0 spiro atoms. The van der Waals surface area contributed by atoms with E-state index in [1.54, 1.807) is 19.1 Å². The average Bonchev–Trinajstić information content (AvgIpc) is 2.85. The molecule has 106 valence electrons. The van der Waals surface area contributed by atoms with Crippen molar-refractivity contribution in [2.24, 2.45) is 0 Å². The van der Waals surface area contributed by atoms with Gasteiger partial charge < -0.3 is 4.42 Å². The molecule has 0 saturated heterocycles. The number of halogens is 1. The number of Topliss-reactive ketones (excluding diaryl/α,β-unsaturated/α-hetero) is 1. The van der Waals surface area contributed by atoms with Crippen LogP contribution in [0.25, 0.3) is 11.0 Å². The molecule has 0 bridgehead atoms. The van der Waals surface area contributed by atoms with Gasteiger partial charge in [0, 0.05) is 11.8 Å². The summed E-state index contributed by atoms with van der Waals surface area (Å²) in [6, 6.07) is 12.0. The molecule has 0 radical (unpaired) electrons. The minimum absolute atomic E-state index is 0.0986. The fraction of sp³-hybridized carbons (Fsp3) is 0.167. The third-order valence-electron chi connectivity index (χ3n) is 3.60. The molecule has 0 amide bonds. The van der Waals surface area contributed by atoms with Crippen molar-refractivity contribution in [3.8, 4) is 0 Å². The first-order chi connectivity index (χ1) is 10.0. The molecule has 0 aliphatic carbocycles. The number of aryl methyl sites for hydroxylation is 2. The highest BCUT2D eigenvalue weighted by atomic mass is 19.1. The molecule has 0 N–H and O–H groups in total. The summed E-state index contributed by atoms with van der Waals surface area (Å²) in [5.41, 5.74) is 3.42. The van der Waals surface area contributed by atoms with Crippen LogP contribution in [0.4, 0.5) is 4.39 Å². The molecule has 0 aliphatic rings. The van der Waals surface area contributed by atoms with Gasteiger partial charge in [-0.25, -0.2) is 4.39 Å². The van der Waals surface area contributed by atoms with E-state index < -0.39 is 0 Å². The molecule has 3 aromatic rings. The highest BCUT2D eigenvalue weighted by molar-refractivity contribution is 5.98. The summed E-state index contributed by atoms with van der Waals surface area (Å²) in [4.78, 5) is 12.3. The van der Waals surface area contributed by atoms with Gasteiger partial charge in [0.05, 0.1) is 0 Å². The Hall–Kier alpha value is -2.42. The number of benzene rings is 2. The fourth-order valence-corrected chi connectivity index (χ4v) is 2.42. The maximum absolute atomic E-state index is 13.1. The van der Waals surface area contributed by atoms with Gasteiger partial charge >= 0.3 is 0 Å². The van der Waals surface area contributed by atoms with Gasteiger partial charge in [-0.3, -0.25) is 4.79 Å². The molecular weight excluding hydrogens is 267 g/mol.